The van der Waals surface area contributed by atoms with Crippen LogP contribution in [0.3, 0.4) is 0 Å². The molecule has 22 heavy (non-hydrogen) atoms. The molecule has 2 aliphatic heterocycles. The molecular weight excluding hydrogens is 298 g/mol. The molecule has 0 radical (unpaired) electrons. The number of rotatable bonds is 2. The summed E-state index contributed by atoms with van der Waals surface area (Å²) in [6, 6.07) is 5.26. The molecule has 5 nitrogen and oxygen atoms in total. The van der Waals surface area contributed by atoms with Crippen LogP contribution in [0.5, 0.6) is 0 Å². The van der Waals surface area contributed by atoms with Crippen molar-refractivity contribution < 1.29 is 9.59 Å². The summed E-state index contributed by atoms with van der Waals surface area (Å²) >= 11 is 1.71. The first-order valence-electron chi connectivity index (χ1n) is 7.64. The van der Waals surface area contributed by atoms with Gasteiger partial charge >= 0.3 is 0 Å². The fourth-order valence-corrected chi connectivity index (χ4v) is 4.58. The molecule has 0 bridgehead atoms. The highest BCUT2D eigenvalue weighted by Gasteiger charge is 2.53. The van der Waals surface area contributed by atoms with Crippen LogP contribution < -0.4 is 5.49 Å². The number of amides is 1. The number of carbonyl (C=O) groups excluding carboxylic acids is 2. The van der Waals surface area contributed by atoms with Crippen molar-refractivity contribution in [2.45, 2.75) is 50.6 Å². The molecule has 0 unspecified atom stereocenters. The molecule has 0 N–H and O–H groups in total. The van der Waals surface area contributed by atoms with Crippen molar-refractivity contribution >= 4 is 23.6 Å². The van der Waals surface area contributed by atoms with Gasteiger partial charge in [0.15, 0.2) is 0 Å². The van der Waals surface area contributed by atoms with E-state index in [1.54, 1.807) is 27.4 Å². The third-order valence-electron chi connectivity index (χ3n) is 4.20. The number of nitrogens with zero attached hydrogens (tertiary/aromatic N) is 3. The first kappa shape index (κ1) is 15.3. The molecule has 1 aromatic heterocycles. The van der Waals surface area contributed by atoms with Crippen molar-refractivity contribution in [2.75, 3.05) is 5.75 Å². The SMILES string of the molecule is CC(C)N=c1ccccn1C(=O)[C@@H]1CS[C@@]2(C)CCC(=O)N12. The fourth-order valence-electron chi connectivity index (χ4n) is 3.15. The Kier molecular flexibility index (Phi) is 3.89. The predicted molar refractivity (Wildman–Crippen MR) is 86.5 cm³/mol. The number of pyridine rings is 1. The molecule has 0 aromatic carbocycles. The topological polar surface area (TPSA) is 54.7 Å². The van der Waals surface area contributed by atoms with Gasteiger partial charge in [0.25, 0.3) is 5.91 Å². The van der Waals surface area contributed by atoms with Gasteiger partial charge in [-0.25, -0.2) is 0 Å². The van der Waals surface area contributed by atoms with Crippen LogP contribution >= 0.6 is 11.8 Å². The summed E-state index contributed by atoms with van der Waals surface area (Å²) in [7, 11) is 0. The molecule has 1 aromatic rings. The molecule has 2 saturated heterocycles. The van der Waals surface area contributed by atoms with E-state index in [0.29, 0.717) is 17.7 Å². The van der Waals surface area contributed by atoms with Crippen LogP contribution in [0, 0.1) is 0 Å². The second kappa shape index (κ2) is 5.57. The van der Waals surface area contributed by atoms with E-state index in [9.17, 15) is 9.59 Å². The van der Waals surface area contributed by atoms with Crippen molar-refractivity contribution in [3.8, 4) is 0 Å². The van der Waals surface area contributed by atoms with Crippen LogP contribution in [0.4, 0.5) is 0 Å². The van der Waals surface area contributed by atoms with Crippen molar-refractivity contribution in [3.05, 3.63) is 29.9 Å². The summed E-state index contributed by atoms with van der Waals surface area (Å²) in [5.74, 6) is 0.681. The minimum absolute atomic E-state index is 0.0634. The second-order valence-corrected chi connectivity index (χ2v) is 7.76. The van der Waals surface area contributed by atoms with Gasteiger partial charge in [-0.15, -0.1) is 11.8 Å². The van der Waals surface area contributed by atoms with E-state index in [2.05, 4.69) is 11.9 Å². The van der Waals surface area contributed by atoms with Crippen LogP contribution in [-0.4, -0.2) is 44.0 Å². The molecule has 118 valence electrons. The van der Waals surface area contributed by atoms with Crippen LogP contribution in [-0.2, 0) is 4.79 Å². The number of hydrogen-bond acceptors (Lipinski definition) is 4. The van der Waals surface area contributed by atoms with Crippen molar-refractivity contribution in [1.82, 2.24) is 9.47 Å². The Hall–Kier alpha value is -1.56. The van der Waals surface area contributed by atoms with Crippen molar-refractivity contribution in [2.24, 2.45) is 4.99 Å². The molecule has 6 heteroatoms. The van der Waals surface area contributed by atoms with Gasteiger partial charge in [-0.1, -0.05) is 6.07 Å². The zero-order valence-corrected chi connectivity index (χ0v) is 14.0. The molecular formula is C16H21N3O2S. The van der Waals surface area contributed by atoms with E-state index in [1.165, 1.54) is 0 Å². The Morgan fingerprint density at radius 3 is 2.95 bits per heavy atom. The van der Waals surface area contributed by atoms with Crippen molar-refractivity contribution in [3.63, 3.8) is 0 Å². The van der Waals surface area contributed by atoms with Gasteiger partial charge in [0.2, 0.25) is 5.91 Å². The second-order valence-electron chi connectivity index (χ2n) is 6.26. The Labute approximate surface area is 134 Å². The van der Waals surface area contributed by atoms with Crippen LogP contribution in [0.2, 0.25) is 0 Å². The summed E-state index contributed by atoms with van der Waals surface area (Å²) in [4.78, 5) is 31.2. The summed E-state index contributed by atoms with van der Waals surface area (Å²) in [5.41, 5.74) is 0.646. The highest BCUT2D eigenvalue weighted by Crippen LogP contribution is 2.47. The maximum absolute atomic E-state index is 13.0. The lowest BCUT2D eigenvalue weighted by Crippen LogP contribution is -2.49. The van der Waals surface area contributed by atoms with E-state index >= 15 is 0 Å². The first-order valence-corrected chi connectivity index (χ1v) is 8.63. The number of thioether (sulfide) groups is 1. The van der Waals surface area contributed by atoms with Gasteiger partial charge in [0, 0.05) is 24.4 Å². The smallest absolute Gasteiger partial charge is 0.255 e. The molecule has 0 saturated carbocycles. The standard InChI is InChI=1S/C16H21N3O2S/c1-11(2)17-13-6-4-5-9-18(13)15(21)12-10-22-16(3)8-7-14(20)19(12)16/h4-6,9,11-12H,7-8,10H2,1-3H3/t12-,16-/m0/s1. The monoisotopic (exact) mass is 319 g/mol. The predicted octanol–water partition coefficient (Wildman–Crippen LogP) is 1.89. The maximum atomic E-state index is 13.0. The average molecular weight is 319 g/mol. The van der Waals surface area contributed by atoms with Crippen LogP contribution in [0.25, 0.3) is 0 Å². The van der Waals surface area contributed by atoms with Gasteiger partial charge in [-0.2, -0.15) is 0 Å². The number of aromatic nitrogens is 1. The minimum Gasteiger partial charge on any atom is -0.315 e. The molecule has 0 aliphatic carbocycles. The Morgan fingerprint density at radius 2 is 2.23 bits per heavy atom. The third kappa shape index (κ3) is 2.49. The summed E-state index contributed by atoms with van der Waals surface area (Å²) in [5, 5.41) is 0. The van der Waals surface area contributed by atoms with Crippen molar-refractivity contribution in [1.29, 1.82) is 0 Å². The summed E-state index contributed by atoms with van der Waals surface area (Å²) < 4.78 is 1.59. The summed E-state index contributed by atoms with van der Waals surface area (Å²) in [6.07, 6.45) is 3.10. The highest BCUT2D eigenvalue weighted by molar-refractivity contribution is 8.01. The normalized spacial score (nSPS) is 28.5. The zero-order chi connectivity index (χ0) is 15.9. The molecule has 1 amide bonds. The maximum Gasteiger partial charge on any atom is 0.255 e. The van der Waals surface area contributed by atoms with Crippen LogP contribution in [0.15, 0.2) is 29.4 Å². The number of hydrogen-bond donors (Lipinski definition) is 0. The highest BCUT2D eigenvalue weighted by atomic mass is 32.2. The van der Waals surface area contributed by atoms with Crippen LogP contribution in [0.1, 0.15) is 38.4 Å². The van der Waals surface area contributed by atoms with Gasteiger partial charge in [-0.05, 0) is 39.3 Å². The van der Waals surface area contributed by atoms with E-state index in [4.69, 9.17) is 0 Å². The molecule has 2 atom stereocenters. The fraction of sp³-hybridized carbons (Fsp3) is 0.562. The zero-order valence-electron chi connectivity index (χ0n) is 13.2. The van der Waals surface area contributed by atoms with E-state index in [1.807, 2.05) is 32.0 Å². The van der Waals surface area contributed by atoms with E-state index < -0.39 is 6.04 Å². The lowest BCUT2D eigenvalue weighted by atomic mass is 10.2. The number of fused-ring (bicyclic) bond motifs is 1. The Bertz CT molecular complexity index is 682. The van der Waals surface area contributed by atoms with Gasteiger partial charge in [0.1, 0.15) is 11.5 Å². The van der Waals surface area contributed by atoms with Gasteiger partial charge in [-0.3, -0.25) is 19.1 Å². The quantitative estimate of drug-likeness (QED) is 0.836. The van der Waals surface area contributed by atoms with E-state index in [-0.39, 0.29) is 22.7 Å². The van der Waals surface area contributed by atoms with E-state index in [0.717, 1.165) is 6.42 Å². The average Bonchev–Trinajstić information content (AvgIpc) is 2.95. The Balaban J connectivity index is 1.98. The molecule has 0 spiro atoms. The largest absolute Gasteiger partial charge is 0.315 e. The lowest BCUT2D eigenvalue weighted by Gasteiger charge is -2.30. The molecule has 3 rings (SSSR count). The summed E-state index contributed by atoms with van der Waals surface area (Å²) in [6.45, 7) is 6.02. The van der Waals surface area contributed by atoms with Gasteiger partial charge in [0.05, 0.1) is 4.87 Å². The molecule has 2 aliphatic rings. The molecule has 2 fully saturated rings. The third-order valence-corrected chi connectivity index (χ3v) is 5.70. The minimum atomic E-state index is -0.390. The first-order chi connectivity index (χ1) is 10.4. The van der Waals surface area contributed by atoms with Gasteiger partial charge < -0.3 is 4.90 Å². The Morgan fingerprint density at radius 1 is 1.45 bits per heavy atom. The number of carbonyl (C=O) groups is 2. The molecule has 3 heterocycles. The lowest BCUT2D eigenvalue weighted by molar-refractivity contribution is -0.130.